The second kappa shape index (κ2) is 6.16. The van der Waals surface area contributed by atoms with Crippen LogP contribution in [0.2, 0.25) is 10.2 Å². The molecule has 0 aliphatic heterocycles. The molecular formula is C13H18Cl2N2O2. The van der Waals surface area contributed by atoms with Crippen molar-refractivity contribution in [2.24, 2.45) is 13.0 Å². The van der Waals surface area contributed by atoms with Crippen molar-refractivity contribution in [1.82, 2.24) is 9.88 Å². The third-order valence-electron chi connectivity index (χ3n) is 3.76. The molecule has 0 radical (unpaired) electrons. The van der Waals surface area contributed by atoms with Gasteiger partial charge in [0.25, 0.3) is 5.91 Å². The van der Waals surface area contributed by atoms with Gasteiger partial charge in [0.2, 0.25) is 0 Å². The number of aliphatic hydroxyl groups excluding tert-OH is 1. The molecule has 1 aliphatic rings. The average Bonchev–Trinajstić information content (AvgIpc) is 3.00. The molecule has 1 aromatic rings. The van der Waals surface area contributed by atoms with Crippen LogP contribution in [-0.2, 0) is 7.05 Å². The fourth-order valence-electron chi connectivity index (χ4n) is 2.56. The lowest BCUT2D eigenvalue weighted by Gasteiger charge is -2.18. The minimum Gasteiger partial charge on any atom is -0.391 e. The minimum atomic E-state index is -0.474. The third-order valence-corrected chi connectivity index (χ3v) is 4.61. The molecule has 1 heterocycles. The number of carbonyl (C=O) groups excluding carboxylic acids is 1. The largest absolute Gasteiger partial charge is 0.391 e. The van der Waals surface area contributed by atoms with E-state index in [9.17, 15) is 9.90 Å². The molecule has 1 unspecified atom stereocenters. The van der Waals surface area contributed by atoms with Crippen molar-refractivity contribution in [2.45, 2.75) is 31.8 Å². The van der Waals surface area contributed by atoms with Crippen molar-refractivity contribution in [3.8, 4) is 0 Å². The molecule has 2 rings (SSSR count). The zero-order chi connectivity index (χ0) is 14.0. The summed E-state index contributed by atoms with van der Waals surface area (Å²) in [6.45, 7) is 0.268. The van der Waals surface area contributed by atoms with Gasteiger partial charge in [-0.2, -0.15) is 0 Å². The van der Waals surface area contributed by atoms with E-state index in [0.717, 1.165) is 12.8 Å². The van der Waals surface area contributed by atoms with Crippen LogP contribution >= 0.6 is 23.2 Å². The van der Waals surface area contributed by atoms with E-state index in [2.05, 4.69) is 5.32 Å². The highest BCUT2D eigenvalue weighted by Crippen LogP contribution is 2.28. The van der Waals surface area contributed by atoms with E-state index in [1.807, 2.05) is 0 Å². The summed E-state index contributed by atoms with van der Waals surface area (Å²) < 4.78 is 1.53. The van der Waals surface area contributed by atoms with Crippen molar-refractivity contribution in [3.63, 3.8) is 0 Å². The molecule has 1 fully saturated rings. The van der Waals surface area contributed by atoms with Gasteiger partial charge in [-0.05, 0) is 24.8 Å². The maximum Gasteiger partial charge on any atom is 0.268 e. The quantitative estimate of drug-likeness (QED) is 0.898. The highest BCUT2D eigenvalue weighted by Gasteiger charge is 2.24. The number of nitrogens with zero attached hydrogens (tertiary/aromatic N) is 1. The van der Waals surface area contributed by atoms with E-state index < -0.39 is 6.10 Å². The van der Waals surface area contributed by atoms with Gasteiger partial charge in [0.05, 0.1) is 11.1 Å². The van der Waals surface area contributed by atoms with Crippen LogP contribution in [0, 0.1) is 5.92 Å². The van der Waals surface area contributed by atoms with Crippen LogP contribution in [-0.4, -0.2) is 28.2 Å². The Morgan fingerprint density at radius 1 is 1.53 bits per heavy atom. The van der Waals surface area contributed by atoms with Crippen molar-refractivity contribution >= 4 is 29.1 Å². The van der Waals surface area contributed by atoms with Gasteiger partial charge in [-0.1, -0.05) is 36.0 Å². The summed E-state index contributed by atoms with van der Waals surface area (Å²) in [6.07, 6.45) is 3.94. The van der Waals surface area contributed by atoms with E-state index in [4.69, 9.17) is 23.2 Å². The molecule has 0 aromatic carbocycles. The summed E-state index contributed by atoms with van der Waals surface area (Å²) in [5.74, 6) is 0.0363. The summed E-state index contributed by atoms with van der Waals surface area (Å²) in [7, 11) is 1.68. The van der Waals surface area contributed by atoms with E-state index in [0.29, 0.717) is 21.8 Å². The molecule has 1 aliphatic carbocycles. The molecule has 1 amide bonds. The first-order valence-corrected chi connectivity index (χ1v) is 7.23. The Morgan fingerprint density at radius 2 is 2.16 bits per heavy atom. The van der Waals surface area contributed by atoms with E-state index in [-0.39, 0.29) is 12.5 Å². The number of nitrogens with one attached hydrogen (secondary N) is 1. The second-order valence-corrected chi connectivity index (χ2v) is 5.81. The van der Waals surface area contributed by atoms with Gasteiger partial charge >= 0.3 is 0 Å². The third kappa shape index (κ3) is 3.25. The second-order valence-electron chi connectivity index (χ2n) is 5.05. The minimum absolute atomic E-state index is 0.268. The normalized spacial score (nSPS) is 17.7. The number of hydrogen-bond acceptors (Lipinski definition) is 2. The lowest BCUT2D eigenvalue weighted by Crippen LogP contribution is -2.36. The van der Waals surface area contributed by atoms with Crippen LogP contribution in [0.25, 0.3) is 0 Å². The number of aliphatic hydroxyl groups is 1. The molecule has 1 saturated carbocycles. The first kappa shape index (κ1) is 14.7. The molecule has 0 bridgehead atoms. The molecule has 0 saturated heterocycles. The zero-order valence-electron chi connectivity index (χ0n) is 10.8. The predicted octanol–water partition coefficient (Wildman–Crippen LogP) is 2.61. The molecule has 6 heteroatoms. The molecule has 0 spiro atoms. The van der Waals surface area contributed by atoms with Crippen molar-refractivity contribution in [1.29, 1.82) is 0 Å². The van der Waals surface area contributed by atoms with E-state index in [1.165, 1.54) is 23.5 Å². The Morgan fingerprint density at radius 3 is 2.68 bits per heavy atom. The fraction of sp³-hybridized carbons (Fsp3) is 0.615. The molecular weight excluding hydrogens is 287 g/mol. The molecule has 1 aromatic heterocycles. The molecule has 4 nitrogen and oxygen atoms in total. The SMILES string of the molecule is Cn1c(C(=O)NCC(O)C2CCCC2)cc(Cl)c1Cl. The number of amides is 1. The Labute approximate surface area is 122 Å². The first-order chi connectivity index (χ1) is 9.00. The molecule has 1 atom stereocenters. The monoisotopic (exact) mass is 304 g/mol. The van der Waals surface area contributed by atoms with Gasteiger partial charge in [-0.25, -0.2) is 0 Å². The first-order valence-electron chi connectivity index (χ1n) is 6.47. The van der Waals surface area contributed by atoms with Gasteiger partial charge in [0, 0.05) is 13.6 Å². The predicted molar refractivity (Wildman–Crippen MR) is 75.7 cm³/mol. The topological polar surface area (TPSA) is 54.3 Å². The Bertz CT molecular complexity index is 467. The Kier molecular flexibility index (Phi) is 4.76. The standard InChI is InChI=1S/C13H18Cl2N2O2/c1-17-10(6-9(14)12(17)15)13(19)16-7-11(18)8-4-2-3-5-8/h6,8,11,18H,2-5,7H2,1H3,(H,16,19). The maximum atomic E-state index is 12.0. The van der Waals surface area contributed by atoms with Crippen LogP contribution in [0.5, 0.6) is 0 Å². The molecule has 2 N–H and O–H groups in total. The van der Waals surface area contributed by atoms with Crippen molar-refractivity contribution in [2.75, 3.05) is 6.54 Å². The van der Waals surface area contributed by atoms with Crippen molar-refractivity contribution in [3.05, 3.63) is 21.9 Å². The number of carbonyl (C=O) groups is 1. The zero-order valence-corrected chi connectivity index (χ0v) is 12.3. The summed E-state index contributed by atoms with van der Waals surface area (Å²) >= 11 is 11.8. The maximum absolute atomic E-state index is 12.0. The van der Waals surface area contributed by atoms with E-state index >= 15 is 0 Å². The van der Waals surface area contributed by atoms with Crippen LogP contribution in [0.1, 0.15) is 36.2 Å². The number of rotatable bonds is 4. The lowest BCUT2D eigenvalue weighted by molar-refractivity contribution is 0.0834. The van der Waals surface area contributed by atoms with Gasteiger partial charge < -0.3 is 15.0 Å². The fourth-order valence-corrected chi connectivity index (χ4v) is 2.93. The van der Waals surface area contributed by atoms with Crippen LogP contribution < -0.4 is 5.32 Å². The summed E-state index contributed by atoms with van der Waals surface area (Å²) in [5, 5.41) is 13.4. The van der Waals surface area contributed by atoms with Gasteiger partial charge in [-0.15, -0.1) is 0 Å². The number of halogens is 2. The number of hydrogen-bond donors (Lipinski definition) is 2. The lowest BCUT2D eigenvalue weighted by atomic mass is 10.0. The molecule has 106 valence electrons. The van der Waals surface area contributed by atoms with Crippen LogP contribution in [0.3, 0.4) is 0 Å². The Hall–Kier alpha value is -0.710. The van der Waals surface area contributed by atoms with Crippen molar-refractivity contribution < 1.29 is 9.90 Å². The highest BCUT2D eigenvalue weighted by molar-refractivity contribution is 6.41. The number of aromatic nitrogens is 1. The summed E-state index contributed by atoms with van der Waals surface area (Å²) in [5.41, 5.74) is 0.397. The van der Waals surface area contributed by atoms with Crippen LogP contribution in [0.15, 0.2) is 6.07 Å². The molecule has 19 heavy (non-hydrogen) atoms. The smallest absolute Gasteiger partial charge is 0.268 e. The van der Waals surface area contributed by atoms with Crippen LogP contribution in [0.4, 0.5) is 0 Å². The highest BCUT2D eigenvalue weighted by atomic mass is 35.5. The average molecular weight is 305 g/mol. The van der Waals surface area contributed by atoms with E-state index in [1.54, 1.807) is 7.05 Å². The summed E-state index contributed by atoms with van der Waals surface area (Å²) in [6, 6.07) is 1.53. The van der Waals surface area contributed by atoms with Gasteiger partial charge in [-0.3, -0.25) is 4.79 Å². The summed E-state index contributed by atoms with van der Waals surface area (Å²) in [4.78, 5) is 12.0. The Balaban J connectivity index is 1.92. The van der Waals surface area contributed by atoms with Gasteiger partial charge in [0.15, 0.2) is 0 Å². The van der Waals surface area contributed by atoms with Gasteiger partial charge in [0.1, 0.15) is 10.8 Å².